The second-order valence-electron chi connectivity index (χ2n) is 5.58. The standard InChI is InChI=1S/C15H15ClF3NO3S/c16-13-3-1-10(7-12(13)15(17,18)19)2-4-14(21)20-8-11-5-6-24(22,23)9-11/h1-4,7,11H,5-6,8-9H2,(H,20,21). The van der Waals surface area contributed by atoms with E-state index in [9.17, 15) is 26.4 Å². The number of sulfone groups is 1. The van der Waals surface area contributed by atoms with E-state index in [-0.39, 0.29) is 29.5 Å². The highest BCUT2D eigenvalue weighted by Crippen LogP contribution is 2.35. The van der Waals surface area contributed by atoms with Crippen LogP contribution in [0.2, 0.25) is 5.02 Å². The van der Waals surface area contributed by atoms with Gasteiger partial charge < -0.3 is 5.32 Å². The van der Waals surface area contributed by atoms with E-state index in [1.807, 2.05) is 0 Å². The molecule has 4 nitrogen and oxygen atoms in total. The molecule has 1 aliphatic rings. The van der Waals surface area contributed by atoms with Gasteiger partial charge in [-0.1, -0.05) is 17.7 Å². The first-order chi connectivity index (χ1) is 11.1. The van der Waals surface area contributed by atoms with E-state index in [4.69, 9.17) is 11.6 Å². The van der Waals surface area contributed by atoms with Gasteiger partial charge in [-0.15, -0.1) is 0 Å². The van der Waals surface area contributed by atoms with Gasteiger partial charge in [0.25, 0.3) is 0 Å². The minimum Gasteiger partial charge on any atom is -0.352 e. The maximum atomic E-state index is 12.7. The molecule has 0 radical (unpaired) electrons. The number of nitrogens with one attached hydrogen (secondary N) is 1. The van der Waals surface area contributed by atoms with E-state index >= 15 is 0 Å². The molecule has 0 bridgehead atoms. The van der Waals surface area contributed by atoms with Crippen molar-refractivity contribution in [3.8, 4) is 0 Å². The van der Waals surface area contributed by atoms with Crippen LogP contribution in [0.4, 0.5) is 13.2 Å². The number of rotatable bonds is 4. The Kier molecular flexibility index (Phi) is 5.59. The lowest BCUT2D eigenvalue weighted by Crippen LogP contribution is -2.28. The number of alkyl halides is 3. The molecule has 132 valence electrons. The molecule has 1 N–H and O–H groups in total. The van der Waals surface area contributed by atoms with Gasteiger partial charge in [-0.25, -0.2) is 8.42 Å². The maximum Gasteiger partial charge on any atom is 0.417 e. The lowest BCUT2D eigenvalue weighted by atomic mass is 10.1. The third kappa shape index (κ3) is 5.24. The topological polar surface area (TPSA) is 63.2 Å². The van der Waals surface area contributed by atoms with E-state index in [1.165, 1.54) is 12.1 Å². The summed E-state index contributed by atoms with van der Waals surface area (Å²) in [5.74, 6) is -0.458. The lowest BCUT2D eigenvalue weighted by Gasteiger charge is -2.09. The number of benzene rings is 1. The van der Waals surface area contributed by atoms with Gasteiger partial charge in [0.15, 0.2) is 9.84 Å². The van der Waals surface area contributed by atoms with Crippen molar-refractivity contribution in [2.24, 2.45) is 5.92 Å². The Morgan fingerprint density at radius 3 is 2.67 bits per heavy atom. The molecule has 0 saturated carbocycles. The first-order valence-electron chi connectivity index (χ1n) is 7.10. The van der Waals surface area contributed by atoms with Gasteiger partial charge in [0.1, 0.15) is 0 Å². The summed E-state index contributed by atoms with van der Waals surface area (Å²) in [5.41, 5.74) is -0.784. The Balaban J connectivity index is 1.94. The van der Waals surface area contributed by atoms with Crippen LogP contribution in [0, 0.1) is 5.92 Å². The van der Waals surface area contributed by atoms with Gasteiger partial charge in [-0.2, -0.15) is 13.2 Å². The summed E-state index contributed by atoms with van der Waals surface area (Å²) >= 11 is 5.52. The van der Waals surface area contributed by atoms with E-state index in [2.05, 4.69) is 5.32 Å². The number of amides is 1. The van der Waals surface area contributed by atoms with Crippen LogP contribution in [0.3, 0.4) is 0 Å². The van der Waals surface area contributed by atoms with Crippen molar-refractivity contribution in [3.63, 3.8) is 0 Å². The highest BCUT2D eigenvalue weighted by molar-refractivity contribution is 7.91. The van der Waals surface area contributed by atoms with E-state index in [0.29, 0.717) is 6.42 Å². The molecular formula is C15H15ClF3NO3S. The Hall–Kier alpha value is -1.54. The molecule has 1 aliphatic heterocycles. The van der Waals surface area contributed by atoms with E-state index in [1.54, 1.807) is 0 Å². The van der Waals surface area contributed by atoms with Crippen molar-refractivity contribution < 1.29 is 26.4 Å². The molecule has 0 spiro atoms. The van der Waals surface area contributed by atoms with Gasteiger partial charge in [0, 0.05) is 12.6 Å². The van der Waals surface area contributed by atoms with Crippen molar-refractivity contribution in [1.82, 2.24) is 5.32 Å². The minimum atomic E-state index is -4.57. The smallest absolute Gasteiger partial charge is 0.352 e. The SMILES string of the molecule is O=C(C=Cc1ccc(Cl)c(C(F)(F)F)c1)NCC1CCS(=O)(=O)C1. The summed E-state index contributed by atoms with van der Waals surface area (Å²) in [5, 5.41) is 2.14. The van der Waals surface area contributed by atoms with Gasteiger partial charge in [0.2, 0.25) is 5.91 Å². The first kappa shape index (κ1) is 18.8. The summed E-state index contributed by atoms with van der Waals surface area (Å²) in [6, 6.07) is 3.34. The van der Waals surface area contributed by atoms with Crippen molar-refractivity contribution in [1.29, 1.82) is 0 Å². The molecule has 1 heterocycles. The number of hydrogen-bond acceptors (Lipinski definition) is 3. The molecule has 1 aromatic rings. The zero-order valence-electron chi connectivity index (χ0n) is 12.4. The molecule has 9 heteroatoms. The Morgan fingerprint density at radius 1 is 1.38 bits per heavy atom. The summed E-state index contributed by atoms with van der Waals surface area (Å²) in [6.07, 6.45) is -1.73. The van der Waals surface area contributed by atoms with Crippen LogP contribution < -0.4 is 5.32 Å². The summed E-state index contributed by atoms with van der Waals surface area (Å²) in [6.45, 7) is 0.219. The number of carbonyl (C=O) groups is 1. The zero-order valence-corrected chi connectivity index (χ0v) is 14.0. The van der Waals surface area contributed by atoms with Crippen LogP contribution in [-0.4, -0.2) is 32.4 Å². The van der Waals surface area contributed by atoms with Crippen LogP contribution in [0.25, 0.3) is 6.08 Å². The quantitative estimate of drug-likeness (QED) is 0.816. The Morgan fingerprint density at radius 2 is 2.08 bits per heavy atom. The van der Waals surface area contributed by atoms with Crippen molar-refractivity contribution in [3.05, 3.63) is 40.4 Å². The second-order valence-corrected chi connectivity index (χ2v) is 8.22. The number of halogens is 4. The number of hydrogen-bond donors (Lipinski definition) is 1. The van der Waals surface area contributed by atoms with E-state index in [0.717, 1.165) is 18.2 Å². The highest BCUT2D eigenvalue weighted by Gasteiger charge is 2.33. The van der Waals surface area contributed by atoms with Crippen molar-refractivity contribution >= 4 is 33.4 Å². The van der Waals surface area contributed by atoms with Crippen LogP contribution in [-0.2, 0) is 20.8 Å². The largest absolute Gasteiger partial charge is 0.417 e. The summed E-state index contributed by atoms with van der Waals surface area (Å²) in [4.78, 5) is 11.7. The predicted molar refractivity (Wildman–Crippen MR) is 85.3 cm³/mol. The average Bonchev–Trinajstić information content (AvgIpc) is 2.82. The fourth-order valence-electron chi connectivity index (χ4n) is 2.37. The highest BCUT2D eigenvalue weighted by atomic mass is 35.5. The maximum absolute atomic E-state index is 12.7. The monoisotopic (exact) mass is 381 g/mol. The van der Waals surface area contributed by atoms with Crippen LogP contribution in [0.5, 0.6) is 0 Å². The van der Waals surface area contributed by atoms with E-state index < -0.39 is 32.5 Å². The molecule has 1 saturated heterocycles. The van der Waals surface area contributed by atoms with Gasteiger partial charge in [-0.3, -0.25) is 4.79 Å². The molecule has 1 amide bonds. The van der Waals surface area contributed by atoms with Gasteiger partial charge >= 0.3 is 6.18 Å². The fraction of sp³-hybridized carbons (Fsp3) is 0.400. The molecule has 1 atom stereocenters. The fourth-order valence-corrected chi connectivity index (χ4v) is 4.46. The van der Waals surface area contributed by atoms with Gasteiger partial charge in [-0.05, 0) is 36.1 Å². The zero-order chi connectivity index (χ0) is 18.0. The molecule has 1 aromatic carbocycles. The van der Waals surface area contributed by atoms with Crippen molar-refractivity contribution in [2.45, 2.75) is 12.6 Å². The molecule has 24 heavy (non-hydrogen) atoms. The Bertz CT molecular complexity index is 760. The molecule has 1 unspecified atom stereocenters. The Labute approximate surface area is 142 Å². The van der Waals surface area contributed by atoms with Gasteiger partial charge in [0.05, 0.1) is 22.1 Å². The average molecular weight is 382 g/mol. The summed E-state index contributed by atoms with van der Waals surface area (Å²) < 4.78 is 60.9. The molecular weight excluding hydrogens is 367 g/mol. The normalized spacial score (nSPS) is 20.4. The third-order valence-corrected chi connectivity index (χ3v) is 5.78. The van der Waals surface area contributed by atoms with Crippen LogP contribution in [0.15, 0.2) is 24.3 Å². The first-order valence-corrected chi connectivity index (χ1v) is 9.30. The number of carbonyl (C=O) groups excluding carboxylic acids is 1. The molecule has 1 fully saturated rings. The van der Waals surface area contributed by atoms with Crippen molar-refractivity contribution in [2.75, 3.05) is 18.1 Å². The minimum absolute atomic E-state index is 0.0448. The lowest BCUT2D eigenvalue weighted by molar-refractivity contribution is -0.137. The second kappa shape index (κ2) is 7.14. The summed E-state index contributed by atoms with van der Waals surface area (Å²) in [7, 11) is -3.01. The molecule has 2 rings (SSSR count). The molecule has 0 aliphatic carbocycles. The molecule has 0 aromatic heterocycles. The van der Waals surface area contributed by atoms with Crippen LogP contribution in [0.1, 0.15) is 17.5 Å². The third-order valence-electron chi connectivity index (χ3n) is 3.61. The van der Waals surface area contributed by atoms with Crippen LogP contribution >= 0.6 is 11.6 Å². The predicted octanol–water partition coefficient (Wildman–Crippen LogP) is 2.92.